The second kappa shape index (κ2) is 4.40. The Balaban J connectivity index is 3.19. The molecule has 0 bridgehead atoms. The van der Waals surface area contributed by atoms with E-state index in [1.165, 1.54) is 0 Å². The van der Waals surface area contributed by atoms with Gasteiger partial charge >= 0.3 is 6.18 Å². The van der Waals surface area contributed by atoms with Gasteiger partial charge in [0, 0.05) is 0 Å². The fraction of sp³-hybridized carbons (Fsp3) is 0.250. The Kier molecular flexibility index (Phi) is 3.62. The van der Waals surface area contributed by atoms with Crippen LogP contribution in [-0.2, 0) is 6.18 Å². The van der Waals surface area contributed by atoms with E-state index in [-0.39, 0.29) is 22.3 Å². The van der Waals surface area contributed by atoms with Gasteiger partial charge in [-0.2, -0.15) is 25.8 Å². The van der Waals surface area contributed by atoms with Gasteiger partial charge in [-0.3, -0.25) is 0 Å². The summed E-state index contributed by atoms with van der Waals surface area (Å²) in [4.78, 5) is 0. The number of nitrogens with two attached hydrogens (primary N) is 1. The number of hydrogen-bond acceptors (Lipinski definition) is 3. The van der Waals surface area contributed by atoms with Crippen molar-refractivity contribution < 1.29 is 13.2 Å². The summed E-state index contributed by atoms with van der Waals surface area (Å²) in [6.07, 6.45) is -4.45. The van der Waals surface area contributed by atoms with Gasteiger partial charge in [-0.05, 0) is 12.1 Å². The number of rotatable bonds is 2. The predicted molar refractivity (Wildman–Crippen MR) is 58.3 cm³/mol. The third-order valence-corrected chi connectivity index (χ3v) is 2.16. The summed E-state index contributed by atoms with van der Waals surface area (Å²) in [5.41, 5.74) is 4.77. The maximum atomic E-state index is 12.3. The van der Waals surface area contributed by atoms with Crippen molar-refractivity contribution >= 4 is 35.6 Å². The van der Waals surface area contributed by atoms with Crippen LogP contribution < -0.4 is 11.1 Å². The van der Waals surface area contributed by atoms with E-state index in [9.17, 15) is 13.2 Å². The smallest absolute Gasteiger partial charge is 0.397 e. The molecule has 0 spiro atoms. The van der Waals surface area contributed by atoms with Gasteiger partial charge in [-0.1, -0.05) is 11.6 Å². The molecule has 0 atom stereocenters. The summed E-state index contributed by atoms with van der Waals surface area (Å²) in [7, 11) is 0. The van der Waals surface area contributed by atoms with Gasteiger partial charge in [0.05, 0.1) is 27.8 Å². The quantitative estimate of drug-likeness (QED) is 0.432. The molecule has 1 aromatic rings. The van der Waals surface area contributed by atoms with E-state index < -0.39 is 11.7 Å². The van der Waals surface area contributed by atoms with Gasteiger partial charge in [-0.25, -0.2) is 0 Å². The summed E-state index contributed by atoms with van der Waals surface area (Å²) in [6, 6.07) is 1.65. The molecule has 0 amide bonds. The number of anilines is 2. The number of benzene rings is 1. The molecule has 0 aliphatic heterocycles. The third-order valence-electron chi connectivity index (χ3n) is 1.70. The van der Waals surface area contributed by atoms with Crippen molar-refractivity contribution in [1.29, 1.82) is 0 Å². The first-order chi connectivity index (χ1) is 6.86. The van der Waals surface area contributed by atoms with Crippen LogP contribution in [0.2, 0.25) is 5.02 Å². The third kappa shape index (κ3) is 2.85. The lowest BCUT2D eigenvalue weighted by Gasteiger charge is -2.13. The molecule has 3 N–H and O–H groups in total. The van der Waals surface area contributed by atoms with Gasteiger partial charge in [0.15, 0.2) is 0 Å². The van der Waals surface area contributed by atoms with Crippen LogP contribution in [0.4, 0.5) is 24.5 Å². The Morgan fingerprint density at radius 2 is 2.00 bits per heavy atom. The van der Waals surface area contributed by atoms with Crippen LogP contribution in [0.3, 0.4) is 0 Å². The molecule has 7 heteroatoms. The molecule has 0 saturated heterocycles. The van der Waals surface area contributed by atoms with Crippen LogP contribution in [0.15, 0.2) is 12.1 Å². The average molecular weight is 257 g/mol. The Morgan fingerprint density at radius 3 is 2.40 bits per heavy atom. The van der Waals surface area contributed by atoms with E-state index in [0.29, 0.717) is 0 Å². The van der Waals surface area contributed by atoms with Crippen molar-refractivity contribution in [3.05, 3.63) is 22.7 Å². The standard InChI is InChI=1S/C8H8ClF3N2S/c9-5-1-4(8(10,11)12)2-6(13)7(5)14-3-15/h1-2,14-15H,3,13H2. The van der Waals surface area contributed by atoms with E-state index in [0.717, 1.165) is 12.1 Å². The normalized spacial score (nSPS) is 11.5. The highest BCUT2D eigenvalue weighted by Crippen LogP contribution is 2.37. The Bertz CT molecular complexity index is 344. The molecule has 0 aliphatic rings. The van der Waals surface area contributed by atoms with Crippen LogP contribution in [0, 0.1) is 0 Å². The zero-order chi connectivity index (χ0) is 11.6. The van der Waals surface area contributed by atoms with Crippen LogP contribution >= 0.6 is 24.2 Å². The number of halogens is 4. The first-order valence-corrected chi connectivity index (χ1v) is 4.88. The molecule has 15 heavy (non-hydrogen) atoms. The lowest BCUT2D eigenvalue weighted by atomic mass is 10.1. The molecule has 0 saturated carbocycles. The van der Waals surface area contributed by atoms with Gasteiger partial charge in [0.2, 0.25) is 0 Å². The van der Waals surface area contributed by atoms with E-state index in [2.05, 4.69) is 17.9 Å². The summed E-state index contributed by atoms with van der Waals surface area (Å²) >= 11 is 9.50. The molecule has 0 radical (unpaired) electrons. The summed E-state index contributed by atoms with van der Waals surface area (Å²) in [5, 5.41) is 2.59. The van der Waals surface area contributed by atoms with Crippen molar-refractivity contribution in [3.8, 4) is 0 Å². The van der Waals surface area contributed by atoms with Gasteiger partial charge in [0.25, 0.3) is 0 Å². The summed E-state index contributed by atoms with van der Waals surface area (Å²) in [6.45, 7) is 0. The molecule has 1 rings (SSSR count). The molecular weight excluding hydrogens is 249 g/mol. The maximum Gasteiger partial charge on any atom is 0.416 e. The van der Waals surface area contributed by atoms with Gasteiger partial charge in [-0.15, -0.1) is 0 Å². The first kappa shape index (κ1) is 12.3. The van der Waals surface area contributed by atoms with Crippen molar-refractivity contribution in [2.24, 2.45) is 0 Å². The predicted octanol–water partition coefficient (Wildman–Crippen LogP) is 3.24. The van der Waals surface area contributed by atoms with Crippen molar-refractivity contribution in [2.45, 2.75) is 6.18 Å². The number of hydrogen-bond donors (Lipinski definition) is 3. The zero-order valence-electron chi connectivity index (χ0n) is 7.40. The minimum absolute atomic E-state index is 0.0520. The summed E-state index contributed by atoms with van der Waals surface area (Å²) < 4.78 is 36.9. The second-order valence-electron chi connectivity index (χ2n) is 2.75. The minimum atomic E-state index is -4.45. The number of nitrogens with one attached hydrogen (secondary N) is 1. The SMILES string of the molecule is Nc1cc(C(F)(F)F)cc(Cl)c1NCS. The largest absolute Gasteiger partial charge is 0.416 e. The highest BCUT2D eigenvalue weighted by Gasteiger charge is 2.31. The monoisotopic (exact) mass is 256 g/mol. The van der Waals surface area contributed by atoms with Crippen molar-refractivity contribution in [1.82, 2.24) is 0 Å². The highest BCUT2D eigenvalue weighted by atomic mass is 35.5. The highest BCUT2D eigenvalue weighted by molar-refractivity contribution is 7.80. The summed E-state index contributed by atoms with van der Waals surface area (Å²) in [5.74, 6) is 0.231. The Hall–Kier alpha value is -0.750. The maximum absolute atomic E-state index is 12.3. The Morgan fingerprint density at radius 1 is 1.40 bits per heavy atom. The lowest BCUT2D eigenvalue weighted by molar-refractivity contribution is -0.137. The van der Waals surface area contributed by atoms with Crippen LogP contribution in [0.1, 0.15) is 5.56 Å². The molecular formula is C8H8ClF3N2S. The molecule has 0 aliphatic carbocycles. The molecule has 0 unspecified atom stereocenters. The topological polar surface area (TPSA) is 38.0 Å². The zero-order valence-corrected chi connectivity index (χ0v) is 9.05. The van der Waals surface area contributed by atoms with Crippen LogP contribution in [0.5, 0.6) is 0 Å². The molecule has 0 fully saturated rings. The number of nitrogen functional groups attached to an aromatic ring is 1. The Labute approximate surface area is 95.0 Å². The second-order valence-corrected chi connectivity index (χ2v) is 3.48. The molecule has 0 aromatic heterocycles. The minimum Gasteiger partial charge on any atom is -0.397 e. The molecule has 84 valence electrons. The van der Waals surface area contributed by atoms with Gasteiger partial charge < -0.3 is 11.1 Å². The van der Waals surface area contributed by atoms with Gasteiger partial charge in [0.1, 0.15) is 0 Å². The molecule has 1 aromatic carbocycles. The molecule has 0 heterocycles. The average Bonchev–Trinajstić information content (AvgIpc) is 2.09. The van der Waals surface area contributed by atoms with E-state index in [1.54, 1.807) is 0 Å². The number of alkyl halides is 3. The van der Waals surface area contributed by atoms with Crippen LogP contribution in [0.25, 0.3) is 0 Å². The lowest BCUT2D eigenvalue weighted by Crippen LogP contribution is -2.08. The number of thiol groups is 1. The van der Waals surface area contributed by atoms with Crippen molar-refractivity contribution in [2.75, 3.05) is 16.9 Å². The van der Waals surface area contributed by atoms with Crippen LogP contribution in [-0.4, -0.2) is 5.88 Å². The fourth-order valence-electron chi connectivity index (χ4n) is 1.06. The van der Waals surface area contributed by atoms with E-state index in [1.807, 2.05) is 0 Å². The first-order valence-electron chi connectivity index (χ1n) is 3.87. The fourth-order valence-corrected chi connectivity index (χ4v) is 1.51. The van der Waals surface area contributed by atoms with Crippen molar-refractivity contribution in [3.63, 3.8) is 0 Å². The van der Waals surface area contributed by atoms with E-state index in [4.69, 9.17) is 17.3 Å². The molecule has 2 nitrogen and oxygen atoms in total. The van der Waals surface area contributed by atoms with E-state index >= 15 is 0 Å².